The highest BCUT2D eigenvalue weighted by molar-refractivity contribution is 7.23. The number of fused-ring (bicyclic) bond motifs is 1. The third kappa shape index (κ3) is 3.75. The van der Waals surface area contributed by atoms with Crippen LogP contribution in [0.5, 0.6) is 5.75 Å². The molecular formula is C19H20N4O3S. The van der Waals surface area contributed by atoms with Crippen molar-refractivity contribution in [3.63, 3.8) is 0 Å². The summed E-state index contributed by atoms with van der Waals surface area (Å²) in [6.07, 6.45) is 1.59. The minimum absolute atomic E-state index is 0.0600. The highest BCUT2D eigenvalue weighted by Gasteiger charge is 2.19. The normalized spacial score (nSPS) is 10.7. The van der Waals surface area contributed by atoms with Gasteiger partial charge in [0.2, 0.25) is 5.91 Å². The van der Waals surface area contributed by atoms with E-state index in [0.29, 0.717) is 28.5 Å². The molecule has 0 saturated heterocycles. The van der Waals surface area contributed by atoms with E-state index >= 15 is 0 Å². The minimum Gasteiger partial charge on any atom is -0.494 e. The molecule has 3 aromatic rings. The van der Waals surface area contributed by atoms with Gasteiger partial charge in [0.1, 0.15) is 11.3 Å². The smallest absolute Gasteiger partial charge is 0.257 e. The van der Waals surface area contributed by atoms with Crippen LogP contribution in [0.15, 0.2) is 30.5 Å². The molecule has 0 unspecified atom stereocenters. The number of methoxy groups -OCH3 is 1. The fraction of sp³-hybridized carbons (Fsp3) is 0.263. The van der Waals surface area contributed by atoms with E-state index in [-0.39, 0.29) is 11.8 Å². The first-order valence-electron chi connectivity index (χ1n) is 8.44. The number of aromatic nitrogens is 2. The molecule has 0 aliphatic carbocycles. The van der Waals surface area contributed by atoms with Crippen molar-refractivity contribution in [2.75, 3.05) is 23.9 Å². The van der Waals surface area contributed by atoms with Crippen LogP contribution >= 0.6 is 11.3 Å². The predicted molar refractivity (Wildman–Crippen MR) is 107 cm³/mol. The largest absolute Gasteiger partial charge is 0.494 e. The summed E-state index contributed by atoms with van der Waals surface area (Å²) < 4.78 is 6.18. The zero-order valence-corrected chi connectivity index (χ0v) is 16.4. The first-order valence-corrected chi connectivity index (χ1v) is 9.25. The number of carbonyl (C=O) groups excluding carboxylic acids is 2. The molecule has 2 heterocycles. The third-order valence-corrected chi connectivity index (χ3v) is 5.07. The second kappa shape index (κ2) is 7.71. The van der Waals surface area contributed by atoms with Gasteiger partial charge in [-0.2, -0.15) is 0 Å². The summed E-state index contributed by atoms with van der Waals surface area (Å²) in [4.78, 5) is 34.8. The van der Waals surface area contributed by atoms with Crippen molar-refractivity contribution in [2.45, 2.75) is 20.8 Å². The molecule has 0 saturated carbocycles. The Labute approximate surface area is 161 Å². The molecule has 1 N–H and O–H groups in total. The molecule has 27 heavy (non-hydrogen) atoms. The maximum Gasteiger partial charge on any atom is 0.257 e. The molecule has 7 nitrogen and oxygen atoms in total. The van der Waals surface area contributed by atoms with Crippen LogP contribution in [0.2, 0.25) is 0 Å². The standard InChI is InChI=1S/C19H20N4O3S/c1-5-23(12(3)24)14-6-7-15(26-4)16-17(14)27-19(21-16)22-18(25)13-8-9-20-11(2)10-13/h6-10H,5H2,1-4H3,(H,21,22,25). The number of aryl methyl sites for hydroxylation is 1. The average molecular weight is 384 g/mol. The Balaban J connectivity index is 2.02. The number of rotatable bonds is 5. The van der Waals surface area contributed by atoms with Gasteiger partial charge >= 0.3 is 0 Å². The van der Waals surface area contributed by atoms with E-state index in [2.05, 4.69) is 15.3 Å². The van der Waals surface area contributed by atoms with Crippen LogP contribution in [0, 0.1) is 6.92 Å². The SMILES string of the molecule is CCN(C(C)=O)c1ccc(OC)c2nc(NC(=O)c3ccnc(C)c3)sc12. The molecule has 8 heteroatoms. The van der Waals surface area contributed by atoms with E-state index in [0.717, 1.165) is 16.1 Å². The molecule has 0 aliphatic heterocycles. The van der Waals surface area contributed by atoms with Crippen LogP contribution in [0.3, 0.4) is 0 Å². The summed E-state index contributed by atoms with van der Waals surface area (Å²) in [5, 5.41) is 3.26. The predicted octanol–water partition coefficient (Wildman–Crippen LogP) is 3.63. The highest BCUT2D eigenvalue weighted by Crippen LogP contribution is 2.39. The van der Waals surface area contributed by atoms with Crippen LogP contribution in [0.25, 0.3) is 10.2 Å². The van der Waals surface area contributed by atoms with Crippen LogP contribution in [0.4, 0.5) is 10.8 Å². The quantitative estimate of drug-likeness (QED) is 0.726. The molecule has 3 rings (SSSR count). The average Bonchev–Trinajstić information content (AvgIpc) is 3.05. The Morgan fingerprint density at radius 2 is 2.07 bits per heavy atom. The van der Waals surface area contributed by atoms with E-state index in [9.17, 15) is 9.59 Å². The van der Waals surface area contributed by atoms with Crippen LogP contribution in [0.1, 0.15) is 29.9 Å². The Kier molecular flexibility index (Phi) is 5.36. The Bertz CT molecular complexity index is 1020. The van der Waals surface area contributed by atoms with Crippen LogP contribution in [-0.2, 0) is 4.79 Å². The number of nitrogens with one attached hydrogen (secondary N) is 1. The summed E-state index contributed by atoms with van der Waals surface area (Å²) in [6.45, 7) is 5.79. The van der Waals surface area contributed by atoms with Crippen molar-refractivity contribution >= 4 is 44.2 Å². The van der Waals surface area contributed by atoms with Gasteiger partial charge in [0, 0.05) is 30.9 Å². The van der Waals surface area contributed by atoms with Gasteiger partial charge < -0.3 is 9.64 Å². The molecule has 2 amide bonds. The number of anilines is 2. The molecule has 0 spiro atoms. The summed E-state index contributed by atoms with van der Waals surface area (Å²) >= 11 is 1.31. The number of pyridine rings is 1. The van der Waals surface area contributed by atoms with E-state index in [1.807, 2.05) is 19.9 Å². The lowest BCUT2D eigenvalue weighted by molar-refractivity contribution is -0.116. The van der Waals surface area contributed by atoms with Gasteiger partial charge in [-0.3, -0.25) is 19.9 Å². The molecule has 2 aromatic heterocycles. The Hall–Kier alpha value is -3.00. The van der Waals surface area contributed by atoms with Gasteiger partial charge in [0.15, 0.2) is 5.13 Å². The summed E-state index contributed by atoms with van der Waals surface area (Å²) in [7, 11) is 1.56. The van der Waals surface area contributed by atoms with Crippen molar-refractivity contribution in [2.24, 2.45) is 0 Å². The van der Waals surface area contributed by atoms with E-state index < -0.39 is 0 Å². The van der Waals surface area contributed by atoms with Crippen molar-refractivity contribution in [3.8, 4) is 5.75 Å². The van der Waals surface area contributed by atoms with Crippen molar-refractivity contribution in [1.29, 1.82) is 0 Å². The number of benzene rings is 1. The molecular weight excluding hydrogens is 364 g/mol. The number of hydrogen-bond acceptors (Lipinski definition) is 6. The van der Waals surface area contributed by atoms with Gasteiger partial charge in [-0.25, -0.2) is 4.98 Å². The number of amides is 2. The first-order chi connectivity index (χ1) is 12.9. The summed E-state index contributed by atoms with van der Waals surface area (Å²) in [5.74, 6) is 0.263. The molecule has 0 aliphatic rings. The van der Waals surface area contributed by atoms with Gasteiger partial charge in [0.25, 0.3) is 5.91 Å². The zero-order valence-electron chi connectivity index (χ0n) is 15.6. The Morgan fingerprint density at radius 1 is 1.30 bits per heavy atom. The first kappa shape index (κ1) is 18.8. The van der Waals surface area contributed by atoms with E-state index in [1.54, 1.807) is 36.4 Å². The second-order valence-electron chi connectivity index (χ2n) is 5.89. The fourth-order valence-corrected chi connectivity index (χ4v) is 3.82. The third-order valence-electron chi connectivity index (χ3n) is 4.07. The summed E-state index contributed by atoms with van der Waals surface area (Å²) in [6, 6.07) is 6.97. The van der Waals surface area contributed by atoms with Gasteiger partial charge in [-0.15, -0.1) is 0 Å². The van der Waals surface area contributed by atoms with Crippen molar-refractivity contribution in [1.82, 2.24) is 9.97 Å². The van der Waals surface area contributed by atoms with Gasteiger partial charge in [-0.1, -0.05) is 11.3 Å². The van der Waals surface area contributed by atoms with Gasteiger partial charge in [0.05, 0.1) is 17.5 Å². The lowest BCUT2D eigenvalue weighted by atomic mass is 10.2. The molecule has 0 bridgehead atoms. The monoisotopic (exact) mass is 384 g/mol. The number of carbonyl (C=O) groups is 2. The van der Waals surface area contributed by atoms with Crippen LogP contribution < -0.4 is 15.0 Å². The fourth-order valence-electron chi connectivity index (χ4n) is 2.82. The highest BCUT2D eigenvalue weighted by atomic mass is 32.1. The topological polar surface area (TPSA) is 84.4 Å². The van der Waals surface area contributed by atoms with E-state index in [4.69, 9.17) is 4.74 Å². The minimum atomic E-state index is -0.265. The maximum atomic E-state index is 12.5. The molecule has 0 fully saturated rings. The second-order valence-corrected chi connectivity index (χ2v) is 6.89. The lowest BCUT2D eigenvalue weighted by Gasteiger charge is -2.19. The van der Waals surface area contributed by atoms with E-state index in [1.165, 1.54) is 18.3 Å². The summed E-state index contributed by atoms with van der Waals surface area (Å²) in [5.41, 5.74) is 2.63. The maximum absolute atomic E-state index is 12.5. The molecule has 140 valence electrons. The number of nitrogens with zero attached hydrogens (tertiary/aromatic N) is 3. The molecule has 1 aromatic carbocycles. The molecule has 0 radical (unpaired) electrons. The molecule has 0 atom stereocenters. The zero-order chi connectivity index (χ0) is 19.6. The Morgan fingerprint density at radius 3 is 2.70 bits per heavy atom. The van der Waals surface area contributed by atoms with Crippen LogP contribution in [-0.4, -0.2) is 35.4 Å². The number of hydrogen-bond donors (Lipinski definition) is 1. The van der Waals surface area contributed by atoms with Crippen molar-refractivity contribution < 1.29 is 14.3 Å². The van der Waals surface area contributed by atoms with Crippen molar-refractivity contribution in [3.05, 3.63) is 41.7 Å². The lowest BCUT2D eigenvalue weighted by Crippen LogP contribution is -2.27. The number of thiazole rings is 1. The number of ether oxygens (including phenoxy) is 1. The van der Waals surface area contributed by atoms with Gasteiger partial charge in [-0.05, 0) is 38.1 Å².